The van der Waals surface area contributed by atoms with Crippen LogP contribution in [0.15, 0.2) is 28.7 Å². The lowest BCUT2D eigenvalue weighted by Gasteiger charge is -2.43. The molecule has 0 amide bonds. The molecule has 0 bridgehead atoms. The van der Waals surface area contributed by atoms with E-state index in [0.717, 1.165) is 18.6 Å². The maximum atomic E-state index is 3.51. The van der Waals surface area contributed by atoms with Crippen molar-refractivity contribution in [2.45, 2.75) is 44.8 Å². The molecule has 2 unspecified atom stereocenters. The maximum Gasteiger partial charge on any atom is 0.0237 e. The number of nitrogens with zero attached hydrogens (tertiary/aromatic N) is 2. The van der Waals surface area contributed by atoms with Crippen molar-refractivity contribution < 1.29 is 0 Å². The molecule has 1 aromatic carbocycles. The molecule has 0 aromatic heterocycles. The molecular formula is C16H23BrN2. The van der Waals surface area contributed by atoms with Gasteiger partial charge in [0.05, 0.1) is 0 Å². The van der Waals surface area contributed by atoms with Crippen LogP contribution in [0.1, 0.15) is 31.7 Å². The van der Waals surface area contributed by atoms with E-state index in [-0.39, 0.29) is 0 Å². The summed E-state index contributed by atoms with van der Waals surface area (Å²) in [6.45, 7) is 7.30. The van der Waals surface area contributed by atoms with Gasteiger partial charge < -0.3 is 0 Å². The number of benzene rings is 1. The number of fused-ring (bicyclic) bond motifs is 1. The van der Waals surface area contributed by atoms with Gasteiger partial charge in [-0.3, -0.25) is 9.80 Å². The van der Waals surface area contributed by atoms with Crippen LogP contribution in [0.2, 0.25) is 0 Å². The van der Waals surface area contributed by atoms with Crippen LogP contribution >= 0.6 is 15.9 Å². The van der Waals surface area contributed by atoms with Gasteiger partial charge in [-0.15, -0.1) is 0 Å². The number of hydrogen-bond acceptors (Lipinski definition) is 2. The molecule has 0 aliphatic carbocycles. The highest BCUT2D eigenvalue weighted by Crippen LogP contribution is 2.27. The molecule has 3 heteroatoms. The summed E-state index contributed by atoms with van der Waals surface area (Å²) >= 11 is 3.51. The lowest BCUT2D eigenvalue weighted by molar-refractivity contribution is 0.0437. The van der Waals surface area contributed by atoms with Crippen LogP contribution in [-0.4, -0.2) is 41.5 Å². The summed E-state index contributed by atoms with van der Waals surface area (Å²) in [5, 5.41) is 0. The third-order valence-corrected chi connectivity index (χ3v) is 5.20. The molecule has 19 heavy (non-hydrogen) atoms. The summed E-state index contributed by atoms with van der Waals surface area (Å²) in [4.78, 5) is 5.42. The number of piperazine rings is 1. The molecule has 2 aliphatic rings. The monoisotopic (exact) mass is 322 g/mol. The molecule has 3 rings (SSSR count). The molecule has 2 atom stereocenters. The summed E-state index contributed by atoms with van der Waals surface area (Å²) in [7, 11) is 0. The van der Waals surface area contributed by atoms with E-state index in [9.17, 15) is 0 Å². The standard InChI is InChI=1S/C16H23BrN2/c1-2-15-11-18-9-3-4-16(18)12-19(15)10-13-5-7-14(17)8-6-13/h5-8,15-16H,2-4,9-12H2,1H3. The van der Waals surface area contributed by atoms with Crippen LogP contribution in [0.5, 0.6) is 0 Å². The molecule has 2 saturated heterocycles. The van der Waals surface area contributed by atoms with Gasteiger partial charge in [0.2, 0.25) is 0 Å². The first-order valence-corrected chi connectivity index (χ1v) is 8.28. The number of rotatable bonds is 3. The lowest BCUT2D eigenvalue weighted by atomic mass is 10.0. The van der Waals surface area contributed by atoms with E-state index in [4.69, 9.17) is 0 Å². The molecule has 2 aliphatic heterocycles. The van der Waals surface area contributed by atoms with Gasteiger partial charge in [-0.1, -0.05) is 35.0 Å². The van der Waals surface area contributed by atoms with Crippen molar-refractivity contribution >= 4 is 15.9 Å². The molecule has 104 valence electrons. The van der Waals surface area contributed by atoms with Crippen molar-refractivity contribution in [3.05, 3.63) is 34.3 Å². The Morgan fingerprint density at radius 3 is 2.74 bits per heavy atom. The van der Waals surface area contributed by atoms with Crippen LogP contribution in [-0.2, 0) is 6.54 Å². The Morgan fingerprint density at radius 2 is 2.00 bits per heavy atom. The van der Waals surface area contributed by atoms with E-state index in [0.29, 0.717) is 0 Å². The molecule has 0 N–H and O–H groups in total. The normalized spacial score (nSPS) is 28.5. The third kappa shape index (κ3) is 3.04. The zero-order valence-corrected chi connectivity index (χ0v) is 13.3. The fraction of sp³-hybridized carbons (Fsp3) is 0.625. The largest absolute Gasteiger partial charge is 0.298 e. The molecular weight excluding hydrogens is 300 g/mol. The summed E-state index contributed by atoms with van der Waals surface area (Å²) in [5.74, 6) is 0. The third-order valence-electron chi connectivity index (χ3n) is 4.68. The lowest BCUT2D eigenvalue weighted by Crippen LogP contribution is -2.55. The summed E-state index contributed by atoms with van der Waals surface area (Å²) < 4.78 is 1.17. The van der Waals surface area contributed by atoms with E-state index < -0.39 is 0 Å². The summed E-state index contributed by atoms with van der Waals surface area (Å²) in [5.41, 5.74) is 1.44. The van der Waals surface area contributed by atoms with Crippen LogP contribution < -0.4 is 0 Å². The summed E-state index contributed by atoms with van der Waals surface area (Å²) in [6, 6.07) is 10.4. The average molecular weight is 323 g/mol. The van der Waals surface area contributed by atoms with Gasteiger partial charge in [0.15, 0.2) is 0 Å². The van der Waals surface area contributed by atoms with Gasteiger partial charge >= 0.3 is 0 Å². The Hall–Kier alpha value is -0.380. The van der Waals surface area contributed by atoms with Crippen LogP contribution in [0.4, 0.5) is 0 Å². The minimum Gasteiger partial charge on any atom is -0.298 e. The van der Waals surface area contributed by atoms with Gasteiger partial charge in [0.25, 0.3) is 0 Å². The first-order valence-electron chi connectivity index (χ1n) is 7.49. The van der Waals surface area contributed by atoms with Crippen LogP contribution in [0, 0.1) is 0 Å². The zero-order chi connectivity index (χ0) is 13.2. The van der Waals surface area contributed by atoms with Crippen molar-refractivity contribution in [1.29, 1.82) is 0 Å². The molecule has 2 fully saturated rings. The minimum absolute atomic E-state index is 0.734. The topological polar surface area (TPSA) is 6.48 Å². The quantitative estimate of drug-likeness (QED) is 0.840. The Bertz CT molecular complexity index is 417. The van der Waals surface area contributed by atoms with Crippen molar-refractivity contribution in [3.8, 4) is 0 Å². The summed E-state index contributed by atoms with van der Waals surface area (Å²) in [6.07, 6.45) is 4.06. The Kier molecular flexibility index (Phi) is 4.25. The molecule has 0 saturated carbocycles. The highest BCUT2D eigenvalue weighted by molar-refractivity contribution is 9.10. The van der Waals surface area contributed by atoms with E-state index in [2.05, 4.69) is 56.9 Å². The first-order chi connectivity index (χ1) is 9.26. The van der Waals surface area contributed by atoms with Gasteiger partial charge in [-0.2, -0.15) is 0 Å². The van der Waals surface area contributed by atoms with Gasteiger partial charge in [0.1, 0.15) is 0 Å². The highest BCUT2D eigenvalue weighted by atomic mass is 79.9. The predicted octanol–water partition coefficient (Wildman–Crippen LogP) is 3.51. The minimum atomic E-state index is 0.734. The van der Waals surface area contributed by atoms with Crippen LogP contribution in [0.25, 0.3) is 0 Å². The molecule has 0 radical (unpaired) electrons. The Morgan fingerprint density at radius 1 is 1.21 bits per heavy atom. The van der Waals surface area contributed by atoms with Crippen molar-refractivity contribution in [3.63, 3.8) is 0 Å². The first kappa shape index (κ1) is 13.6. The average Bonchev–Trinajstić information content (AvgIpc) is 2.87. The smallest absolute Gasteiger partial charge is 0.0237 e. The van der Waals surface area contributed by atoms with E-state index in [1.165, 1.54) is 48.9 Å². The van der Waals surface area contributed by atoms with Crippen molar-refractivity contribution in [2.75, 3.05) is 19.6 Å². The second kappa shape index (κ2) is 5.94. The highest BCUT2D eigenvalue weighted by Gasteiger charge is 2.35. The maximum absolute atomic E-state index is 3.51. The van der Waals surface area contributed by atoms with Gasteiger partial charge in [0, 0.05) is 36.2 Å². The molecule has 1 aromatic rings. The Balaban J connectivity index is 1.69. The Labute approximate surface area is 124 Å². The SMILES string of the molecule is CCC1CN2CCCC2CN1Cc1ccc(Br)cc1. The molecule has 2 nitrogen and oxygen atoms in total. The van der Waals surface area contributed by atoms with Crippen LogP contribution in [0.3, 0.4) is 0 Å². The van der Waals surface area contributed by atoms with E-state index in [1.54, 1.807) is 0 Å². The second-order valence-electron chi connectivity index (χ2n) is 5.91. The fourth-order valence-corrected chi connectivity index (χ4v) is 3.82. The number of halogens is 1. The predicted molar refractivity (Wildman–Crippen MR) is 83.2 cm³/mol. The van der Waals surface area contributed by atoms with Gasteiger partial charge in [-0.05, 0) is 43.5 Å². The van der Waals surface area contributed by atoms with E-state index in [1.807, 2.05) is 0 Å². The molecule has 2 heterocycles. The second-order valence-corrected chi connectivity index (χ2v) is 6.82. The molecule has 0 spiro atoms. The van der Waals surface area contributed by atoms with Crippen molar-refractivity contribution in [2.24, 2.45) is 0 Å². The van der Waals surface area contributed by atoms with Gasteiger partial charge in [-0.25, -0.2) is 0 Å². The zero-order valence-electron chi connectivity index (χ0n) is 11.7. The number of hydrogen-bond donors (Lipinski definition) is 0. The van der Waals surface area contributed by atoms with Crippen molar-refractivity contribution in [1.82, 2.24) is 9.80 Å². The van der Waals surface area contributed by atoms with E-state index >= 15 is 0 Å². The fourth-order valence-electron chi connectivity index (χ4n) is 3.55.